The minimum Gasteiger partial charge on any atom is -0.335 e. The van der Waals surface area contributed by atoms with Crippen molar-refractivity contribution >= 4 is 17.5 Å². The second-order valence-corrected chi connectivity index (χ2v) is 7.20. The van der Waals surface area contributed by atoms with Crippen molar-refractivity contribution in [3.63, 3.8) is 0 Å². The molecule has 2 aromatic rings. The van der Waals surface area contributed by atoms with Crippen molar-refractivity contribution in [3.8, 4) is 11.3 Å². The van der Waals surface area contributed by atoms with Crippen molar-refractivity contribution in [1.29, 1.82) is 0 Å². The Labute approximate surface area is 154 Å². The maximum absolute atomic E-state index is 12.8. The molecule has 2 heterocycles. The summed E-state index contributed by atoms with van der Waals surface area (Å²) in [5, 5.41) is 5.49. The lowest BCUT2D eigenvalue weighted by molar-refractivity contribution is 0.0650. The molecule has 0 spiro atoms. The van der Waals surface area contributed by atoms with Gasteiger partial charge in [0.25, 0.3) is 5.91 Å². The van der Waals surface area contributed by atoms with Gasteiger partial charge in [-0.1, -0.05) is 56.8 Å². The van der Waals surface area contributed by atoms with Crippen molar-refractivity contribution in [2.45, 2.75) is 52.0 Å². The summed E-state index contributed by atoms with van der Waals surface area (Å²) < 4.78 is 1.97. The average molecular weight is 360 g/mol. The summed E-state index contributed by atoms with van der Waals surface area (Å²) >= 11 is 5.98. The number of halogens is 1. The van der Waals surface area contributed by atoms with E-state index in [2.05, 4.69) is 13.8 Å². The van der Waals surface area contributed by atoms with Crippen LogP contribution in [-0.4, -0.2) is 33.7 Å². The van der Waals surface area contributed by atoms with Gasteiger partial charge >= 0.3 is 0 Å². The number of amides is 1. The monoisotopic (exact) mass is 359 g/mol. The number of carbonyl (C=O) groups is 1. The highest BCUT2D eigenvalue weighted by molar-refractivity contribution is 6.30. The van der Waals surface area contributed by atoms with Crippen LogP contribution in [0.4, 0.5) is 0 Å². The number of nitrogens with zero attached hydrogens (tertiary/aromatic N) is 3. The SMILES string of the molecule is CCCCCC1CN(CCC)C(=O)c2cc(-c3ccc(Cl)cc3)nn21. The fourth-order valence-electron chi connectivity index (χ4n) is 3.48. The molecule has 0 bridgehead atoms. The number of aromatic nitrogens is 2. The van der Waals surface area contributed by atoms with Crippen LogP contribution in [0, 0.1) is 0 Å². The van der Waals surface area contributed by atoms with Crippen LogP contribution < -0.4 is 0 Å². The molecular weight excluding hydrogens is 334 g/mol. The van der Waals surface area contributed by atoms with E-state index in [9.17, 15) is 4.79 Å². The van der Waals surface area contributed by atoms with E-state index in [1.165, 1.54) is 19.3 Å². The Morgan fingerprint density at radius 2 is 1.92 bits per heavy atom. The topological polar surface area (TPSA) is 38.1 Å². The zero-order valence-electron chi connectivity index (χ0n) is 15.0. The molecule has 1 atom stereocenters. The van der Waals surface area contributed by atoms with E-state index in [1.807, 2.05) is 39.9 Å². The minimum absolute atomic E-state index is 0.0984. The first-order valence-electron chi connectivity index (χ1n) is 9.28. The van der Waals surface area contributed by atoms with Crippen LogP contribution >= 0.6 is 11.6 Å². The van der Waals surface area contributed by atoms with Gasteiger partial charge in [-0.15, -0.1) is 0 Å². The third-order valence-electron chi connectivity index (χ3n) is 4.79. The maximum atomic E-state index is 12.8. The van der Waals surface area contributed by atoms with E-state index in [1.54, 1.807) is 0 Å². The van der Waals surface area contributed by atoms with Gasteiger partial charge in [-0.3, -0.25) is 9.48 Å². The van der Waals surface area contributed by atoms with Gasteiger partial charge in [-0.2, -0.15) is 5.10 Å². The minimum atomic E-state index is 0.0984. The molecule has 1 amide bonds. The van der Waals surface area contributed by atoms with Gasteiger partial charge in [0.05, 0.1) is 11.7 Å². The molecular formula is C20H26ClN3O. The van der Waals surface area contributed by atoms with Crippen LogP contribution in [-0.2, 0) is 0 Å². The van der Waals surface area contributed by atoms with E-state index in [-0.39, 0.29) is 11.9 Å². The Morgan fingerprint density at radius 1 is 1.16 bits per heavy atom. The van der Waals surface area contributed by atoms with Crippen LogP contribution in [0.25, 0.3) is 11.3 Å². The number of fused-ring (bicyclic) bond motifs is 1. The van der Waals surface area contributed by atoms with E-state index in [4.69, 9.17) is 16.7 Å². The van der Waals surface area contributed by atoms with Crippen LogP contribution in [0.15, 0.2) is 30.3 Å². The quantitative estimate of drug-likeness (QED) is 0.638. The molecule has 4 nitrogen and oxygen atoms in total. The zero-order valence-corrected chi connectivity index (χ0v) is 15.8. The first-order valence-corrected chi connectivity index (χ1v) is 9.66. The van der Waals surface area contributed by atoms with Gasteiger partial charge in [-0.05, 0) is 31.0 Å². The first-order chi connectivity index (χ1) is 12.1. The molecule has 0 aliphatic carbocycles. The highest BCUT2D eigenvalue weighted by atomic mass is 35.5. The Morgan fingerprint density at radius 3 is 2.60 bits per heavy atom. The van der Waals surface area contributed by atoms with Crippen LogP contribution in [0.5, 0.6) is 0 Å². The van der Waals surface area contributed by atoms with Crippen LogP contribution in [0.3, 0.4) is 0 Å². The van der Waals surface area contributed by atoms with Gasteiger partial charge in [0, 0.05) is 23.7 Å². The van der Waals surface area contributed by atoms with E-state index in [0.717, 1.165) is 37.2 Å². The fourth-order valence-corrected chi connectivity index (χ4v) is 3.60. The van der Waals surface area contributed by atoms with Crippen molar-refractivity contribution in [3.05, 3.63) is 41.0 Å². The highest BCUT2D eigenvalue weighted by Gasteiger charge is 2.32. The Bertz CT molecular complexity index is 723. The van der Waals surface area contributed by atoms with Crippen molar-refractivity contribution < 1.29 is 4.79 Å². The van der Waals surface area contributed by atoms with Gasteiger partial charge in [0.2, 0.25) is 0 Å². The molecule has 0 saturated carbocycles. The third kappa shape index (κ3) is 3.90. The summed E-state index contributed by atoms with van der Waals surface area (Å²) in [6, 6.07) is 9.83. The van der Waals surface area contributed by atoms with Gasteiger partial charge in [0.15, 0.2) is 0 Å². The number of hydrogen-bond acceptors (Lipinski definition) is 2. The predicted molar refractivity (Wildman–Crippen MR) is 102 cm³/mol. The lowest BCUT2D eigenvalue weighted by atomic mass is 10.0. The largest absolute Gasteiger partial charge is 0.335 e. The number of carbonyl (C=O) groups excluding carboxylic acids is 1. The molecule has 0 N–H and O–H groups in total. The Kier molecular flexibility index (Phi) is 5.79. The second kappa shape index (κ2) is 8.05. The first kappa shape index (κ1) is 18.0. The van der Waals surface area contributed by atoms with Gasteiger partial charge in [0.1, 0.15) is 5.69 Å². The molecule has 1 aliphatic rings. The molecule has 0 saturated heterocycles. The average Bonchev–Trinajstić information content (AvgIpc) is 3.05. The summed E-state index contributed by atoms with van der Waals surface area (Å²) in [5.41, 5.74) is 2.55. The summed E-state index contributed by atoms with van der Waals surface area (Å²) in [5.74, 6) is 0.0984. The Hall–Kier alpha value is -1.81. The summed E-state index contributed by atoms with van der Waals surface area (Å²) in [4.78, 5) is 14.8. The van der Waals surface area contributed by atoms with Crippen molar-refractivity contribution in [1.82, 2.24) is 14.7 Å². The molecule has 1 aliphatic heterocycles. The lowest BCUT2D eigenvalue weighted by Gasteiger charge is -2.33. The number of unbranched alkanes of at least 4 members (excludes halogenated alkanes) is 2. The van der Waals surface area contributed by atoms with Crippen molar-refractivity contribution in [2.75, 3.05) is 13.1 Å². The smallest absolute Gasteiger partial charge is 0.272 e. The van der Waals surface area contributed by atoms with E-state index >= 15 is 0 Å². The molecule has 134 valence electrons. The second-order valence-electron chi connectivity index (χ2n) is 6.77. The lowest BCUT2D eigenvalue weighted by Crippen LogP contribution is -2.43. The molecule has 5 heteroatoms. The van der Waals surface area contributed by atoms with Crippen LogP contribution in [0.2, 0.25) is 5.02 Å². The Balaban J connectivity index is 1.92. The van der Waals surface area contributed by atoms with Crippen molar-refractivity contribution in [2.24, 2.45) is 0 Å². The van der Waals surface area contributed by atoms with Crippen LogP contribution in [0.1, 0.15) is 62.5 Å². The van der Waals surface area contributed by atoms with E-state index in [0.29, 0.717) is 10.7 Å². The highest BCUT2D eigenvalue weighted by Crippen LogP contribution is 2.29. The summed E-state index contributed by atoms with van der Waals surface area (Å²) in [6.07, 6.45) is 5.64. The number of rotatable bonds is 7. The number of hydrogen-bond donors (Lipinski definition) is 0. The molecule has 1 aromatic carbocycles. The molecule has 0 fully saturated rings. The van der Waals surface area contributed by atoms with E-state index < -0.39 is 0 Å². The number of benzene rings is 1. The van der Waals surface area contributed by atoms with Gasteiger partial charge < -0.3 is 4.90 Å². The zero-order chi connectivity index (χ0) is 17.8. The predicted octanol–water partition coefficient (Wildman–Crippen LogP) is 5.19. The summed E-state index contributed by atoms with van der Waals surface area (Å²) in [7, 11) is 0. The molecule has 1 aromatic heterocycles. The molecule has 0 radical (unpaired) electrons. The van der Waals surface area contributed by atoms with Gasteiger partial charge in [-0.25, -0.2) is 0 Å². The standard InChI is InChI=1S/C20H26ClN3O/c1-3-5-6-7-17-14-23(12-4-2)20(25)19-13-18(22-24(17)19)15-8-10-16(21)11-9-15/h8-11,13,17H,3-7,12,14H2,1-2H3. The molecule has 1 unspecified atom stereocenters. The summed E-state index contributed by atoms with van der Waals surface area (Å²) in [6.45, 7) is 5.91. The molecule has 25 heavy (non-hydrogen) atoms. The fraction of sp³-hybridized carbons (Fsp3) is 0.500. The maximum Gasteiger partial charge on any atom is 0.272 e. The normalized spacial score (nSPS) is 17.0. The third-order valence-corrected chi connectivity index (χ3v) is 5.05. The molecule has 3 rings (SSSR count).